The third-order valence-corrected chi connectivity index (χ3v) is 3.47. The number of halogens is 2. The Bertz CT molecular complexity index is 38.5. The summed E-state index contributed by atoms with van der Waals surface area (Å²) in [5.41, 5.74) is 0. The highest BCUT2D eigenvalue weighted by Gasteiger charge is 2.15. The fourth-order valence-corrected chi connectivity index (χ4v) is 0. The van der Waals surface area contributed by atoms with Gasteiger partial charge in [-0.2, -0.15) is 0 Å². The summed E-state index contributed by atoms with van der Waals surface area (Å²) < 4.78 is 0. The summed E-state index contributed by atoms with van der Waals surface area (Å²) in [4.78, 5) is 0. The van der Waals surface area contributed by atoms with Crippen LogP contribution in [0.15, 0.2) is 0 Å². The highest BCUT2D eigenvalue weighted by atomic mass is 35.7. The van der Waals surface area contributed by atoms with Crippen LogP contribution in [0.3, 0.4) is 0 Å². The minimum Gasteiger partial charge on any atom is -0.146 e. The lowest BCUT2D eigenvalue weighted by molar-refractivity contribution is 1.43. The van der Waals surface area contributed by atoms with E-state index in [0.29, 0.717) is 0 Å². The normalized spacial score (nSPS) is 12.0. The molecule has 0 aromatic carbocycles. The molecule has 0 atom stereocenters. The van der Waals surface area contributed by atoms with Crippen LogP contribution in [0.1, 0.15) is 6.92 Å². The van der Waals surface area contributed by atoms with Crippen LogP contribution in [0, 0.1) is 0 Å². The summed E-state index contributed by atoms with van der Waals surface area (Å²) in [7, 11) is 0. The Kier molecular flexibility index (Phi) is 2.49. The highest BCUT2D eigenvalue weighted by molar-refractivity contribution is 7.44. The standard InChI is InChI=1S/C3H8Cl2Si/c1-3-6(2,4)5/h3H2,1-2H3. The summed E-state index contributed by atoms with van der Waals surface area (Å²) in [6.45, 7) is 2.23. The summed E-state index contributed by atoms with van der Waals surface area (Å²) in [6.07, 6.45) is 0. The van der Waals surface area contributed by atoms with Gasteiger partial charge in [0.2, 0.25) is 6.69 Å². The maximum absolute atomic E-state index is 5.62. The van der Waals surface area contributed by atoms with E-state index >= 15 is 0 Å². The lowest BCUT2D eigenvalue weighted by Gasteiger charge is -2.01. The molecule has 3 heteroatoms. The molecule has 0 saturated heterocycles. The lowest BCUT2D eigenvalue weighted by atomic mass is 11.0. The van der Waals surface area contributed by atoms with Crippen molar-refractivity contribution >= 4 is 28.9 Å². The average molecular weight is 143 g/mol. The zero-order chi connectivity index (χ0) is 5.21. The van der Waals surface area contributed by atoms with Crippen LogP contribution in [-0.4, -0.2) is 6.69 Å². The molecular formula is C3H8Cl2Si. The van der Waals surface area contributed by atoms with Crippen molar-refractivity contribution in [1.82, 2.24) is 0 Å². The Morgan fingerprint density at radius 2 is 1.67 bits per heavy atom. The Hall–Kier alpha value is 0.797. The maximum atomic E-state index is 5.62. The minimum atomic E-state index is -1.69. The second-order valence-electron chi connectivity index (χ2n) is 1.42. The Balaban J connectivity index is 3.17. The Labute approximate surface area is 48.9 Å². The molecule has 6 heavy (non-hydrogen) atoms. The van der Waals surface area contributed by atoms with Gasteiger partial charge in [-0.25, -0.2) is 0 Å². The molecule has 0 saturated carbocycles. The van der Waals surface area contributed by atoms with Gasteiger partial charge in [-0.15, -0.1) is 22.2 Å². The average Bonchev–Trinajstić information content (AvgIpc) is 1.35. The van der Waals surface area contributed by atoms with Gasteiger partial charge in [0.25, 0.3) is 0 Å². The van der Waals surface area contributed by atoms with Gasteiger partial charge in [0, 0.05) is 0 Å². The van der Waals surface area contributed by atoms with Crippen LogP contribution < -0.4 is 0 Å². The molecule has 0 aromatic heterocycles. The Morgan fingerprint density at radius 1 is 1.50 bits per heavy atom. The zero-order valence-corrected chi connectivity index (χ0v) is 6.47. The van der Waals surface area contributed by atoms with E-state index in [1.54, 1.807) is 0 Å². The van der Waals surface area contributed by atoms with Crippen LogP contribution in [0.25, 0.3) is 0 Å². The largest absolute Gasteiger partial charge is 0.248 e. The minimum absolute atomic E-state index is 0.941. The molecule has 0 N–H and O–H groups in total. The smallest absolute Gasteiger partial charge is 0.146 e. The van der Waals surface area contributed by atoms with E-state index in [-0.39, 0.29) is 0 Å². The molecule has 0 aliphatic rings. The molecule has 0 heterocycles. The van der Waals surface area contributed by atoms with Crippen molar-refractivity contribution in [2.45, 2.75) is 19.5 Å². The van der Waals surface area contributed by atoms with E-state index in [9.17, 15) is 0 Å². The van der Waals surface area contributed by atoms with Crippen LogP contribution in [-0.2, 0) is 0 Å². The fourth-order valence-electron chi connectivity index (χ4n) is 0. The van der Waals surface area contributed by atoms with E-state index in [2.05, 4.69) is 0 Å². The summed E-state index contributed by atoms with van der Waals surface area (Å²) in [6, 6.07) is 0.941. The predicted octanol–water partition coefficient (Wildman–Crippen LogP) is 2.56. The number of hydrogen-bond donors (Lipinski definition) is 0. The molecule has 0 aromatic rings. The van der Waals surface area contributed by atoms with Gasteiger partial charge in [-0.1, -0.05) is 6.92 Å². The number of hydrogen-bond acceptors (Lipinski definition) is 0. The molecule has 0 unspecified atom stereocenters. The van der Waals surface area contributed by atoms with Crippen LogP contribution in [0.4, 0.5) is 0 Å². The third-order valence-electron chi connectivity index (χ3n) is 0.621. The van der Waals surface area contributed by atoms with Gasteiger partial charge in [0.1, 0.15) is 0 Å². The molecule has 0 nitrogen and oxygen atoms in total. The predicted molar refractivity (Wildman–Crippen MR) is 33.8 cm³/mol. The van der Waals surface area contributed by atoms with E-state index in [0.717, 1.165) is 6.04 Å². The molecule has 0 amide bonds. The summed E-state index contributed by atoms with van der Waals surface area (Å²) in [5.74, 6) is 0. The molecule has 0 fully saturated rings. The van der Waals surface area contributed by atoms with Crippen LogP contribution >= 0.6 is 22.2 Å². The van der Waals surface area contributed by atoms with Crippen LogP contribution in [0.5, 0.6) is 0 Å². The molecule has 38 valence electrons. The van der Waals surface area contributed by atoms with Gasteiger partial charge in [0.05, 0.1) is 0 Å². The van der Waals surface area contributed by atoms with Crippen molar-refractivity contribution in [1.29, 1.82) is 0 Å². The third kappa shape index (κ3) is 4.80. The van der Waals surface area contributed by atoms with Crippen molar-refractivity contribution in [2.75, 3.05) is 0 Å². The van der Waals surface area contributed by atoms with Gasteiger partial charge >= 0.3 is 0 Å². The molecule has 0 bridgehead atoms. The highest BCUT2D eigenvalue weighted by Crippen LogP contribution is 2.17. The first kappa shape index (κ1) is 6.80. The second kappa shape index (κ2) is 2.19. The maximum Gasteiger partial charge on any atom is 0.248 e. The van der Waals surface area contributed by atoms with Gasteiger partial charge in [-0.3, -0.25) is 0 Å². The SMILES string of the molecule is CC[Si](C)(Cl)Cl. The molecule has 0 rings (SSSR count). The number of rotatable bonds is 1. The van der Waals surface area contributed by atoms with Crippen molar-refractivity contribution in [3.8, 4) is 0 Å². The van der Waals surface area contributed by atoms with Gasteiger partial charge < -0.3 is 0 Å². The quantitative estimate of drug-likeness (QED) is 0.391. The molecule has 0 spiro atoms. The zero-order valence-electron chi connectivity index (χ0n) is 3.96. The first-order valence-electron chi connectivity index (χ1n) is 1.94. The van der Waals surface area contributed by atoms with Crippen molar-refractivity contribution < 1.29 is 0 Å². The monoisotopic (exact) mass is 142 g/mol. The summed E-state index contributed by atoms with van der Waals surface area (Å²) in [5, 5.41) is 0. The van der Waals surface area contributed by atoms with E-state index in [1.807, 2.05) is 13.5 Å². The second-order valence-corrected chi connectivity index (χ2v) is 9.86. The summed E-state index contributed by atoms with van der Waals surface area (Å²) >= 11 is 11.2. The molecule has 0 radical (unpaired) electrons. The first-order chi connectivity index (χ1) is 2.56. The molecule has 0 aliphatic heterocycles. The lowest BCUT2D eigenvalue weighted by Crippen LogP contribution is -2.08. The molecule has 0 aliphatic carbocycles. The van der Waals surface area contributed by atoms with Crippen molar-refractivity contribution in [3.63, 3.8) is 0 Å². The van der Waals surface area contributed by atoms with E-state index in [4.69, 9.17) is 22.2 Å². The van der Waals surface area contributed by atoms with E-state index < -0.39 is 6.69 Å². The van der Waals surface area contributed by atoms with E-state index in [1.165, 1.54) is 0 Å². The Morgan fingerprint density at radius 3 is 1.67 bits per heavy atom. The fraction of sp³-hybridized carbons (Fsp3) is 1.00. The van der Waals surface area contributed by atoms with Crippen molar-refractivity contribution in [3.05, 3.63) is 0 Å². The van der Waals surface area contributed by atoms with Gasteiger partial charge in [-0.05, 0) is 12.6 Å². The molecular weight excluding hydrogens is 135 g/mol. The first-order valence-corrected chi connectivity index (χ1v) is 6.67. The topological polar surface area (TPSA) is 0 Å². The van der Waals surface area contributed by atoms with Crippen LogP contribution in [0.2, 0.25) is 12.6 Å². The van der Waals surface area contributed by atoms with Gasteiger partial charge in [0.15, 0.2) is 0 Å². The van der Waals surface area contributed by atoms with Crippen molar-refractivity contribution in [2.24, 2.45) is 0 Å².